The molecule has 0 amide bonds. The smallest absolute Gasteiger partial charge is 0.125 e. The molecule has 0 aliphatic heterocycles. The highest BCUT2D eigenvalue weighted by Crippen LogP contribution is 2.24. The number of hydrogen-bond acceptors (Lipinski definition) is 3. The van der Waals surface area contributed by atoms with E-state index >= 15 is 0 Å². The molecule has 1 N–H and O–H groups in total. The molecule has 0 fully saturated rings. The average Bonchev–Trinajstić information content (AvgIpc) is 3.20. The minimum atomic E-state index is 0.0472. The van der Waals surface area contributed by atoms with Gasteiger partial charge < -0.3 is 9.73 Å². The molecule has 4 nitrogen and oxygen atoms in total. The molecule has 2 atom stereocenters. The molecule has 1 aromatic carbocycles. The molecule has 0 bridgehead atoms. The maximum atomic E-state index is 5.66. The first kappa shape index (κ1) is 18.0. The summed E-state index contributed by atoms with van der Waals surface area (Å²) in [6, 6.07) is 14.5. The number of rotatable bonds is 7. The Balaban J connectivity index is 1.68. The Morgan fingerprint density at radius 3 is 2.56 bits per heavy atom. The standard InChI is InChI=1S/C20H24BrN3O/c1-14(13-24-16(3)11-15(2)23-24)12-22-20(19-5-4-10-25-19)17-6-8-18(21)9-7-17/h4-11,14,20,22H,12-13H2,1-3H3/t14-,20-/m0/s1. The third-order valence-corrected chi connectivity index (χ3v) is 4.82. The van der Waals surface area contributed by atoms with Crippen LogP contribution in [0.3, 0.4) is 0 Å². The normalized spacial score (nSPS) is 13.8. The second kappa shape index (κ2) is 8.02. The molecule has 5 heteroatoms. The van der Waals surface area contributed by atoms with Crippen LogP contribution in [0, 0.1) is 19.8 Å². The van der Waals surface area contributed by atoms with Gasteiger partial charge in [-0.25, -0.2) is 0 Å². The number of nitrogens with zero attached hydrogens (tertiary/aromatic N) is 2. The number of nitrogens with one attached hydrogen (secondary N) is 1. The summed E-state index contributed by atoms with van der Waals surface area (Å²) in [6.45, 7) is 8.16. The predicted molar refractivity (Wildman–Crippen MR) is 104 cm³/mol. The fraction of sp³-hybridized carbons (Fsp3) is 0.350. The number of furan rings is 1. The van der Waals surface area contributed by atoms with Crippen LogP contribution in [0.25, 0.3) is 0 Å². The molecule has 0 saturated heterocycles. The molecule has 0 aliphatic rings. The van der Waals surface area contributed by atoms with Gasteiger partial charge in [0.1, 0.15) is 5.76 Å². The molecule has 0 saturated carbocycles. The van der Waals surface area contributed by atoms with Gasteiger partial charge in [-0.05, 0) is 55.7 Å². The van der Waals surface area contributed by atoms with Crippen molar-refractivity contribution in [3.05, 3.63) is 75.9 Å². The molecule has 2 heterocycles. The van der Waals surface area contributed by atoms with Crippen LogP contribution in [-0.2, 0) is 6.54 Å². The van der Waals surface area contributed by atoms with Crippen molar-refractivity contribution in [1.29, 1.82) is 0 Å². The van der Waals surface area contributed by atoms with Gasteiger partial charge in [0.25, 0.3) is 0 Å². The Morgan fingerprint density at radius 1 is 1.20 bits per heavy atom. The lowest BCUT2D eigenvalue weighted by molar-refractivity contribution is 0.380. The van der Waals surface area contributed by atoms with Crippen molar-refractivity contribution < 1.29 is 4.42 Å². The van der Waals surface area contributed by atoms with E-state index in [0.717, 1.165) is 29.0 Å². The van der Waals surface area contributed by atoms with Crippen LogP contribution in [0.5, 0.6) is 0 Å². The van der Waals surface area contributed by atoms with Gasteiger partial charge in [0.2, 0.25) is 0 Å². The summed E-state index contributed by atoms with van der Waals surface area (Å²) in [7, 11) is 0. The zero-order chi connectivity index (χ0) is 17.8. The summed E-state index contributed by atoms with van der Waals surface area (Å²) >= 11 is 3.50. The largest absolute Gasteiger partial charge is 0.467 e. The number of benzene rings is 1. The summed E-state index contributed by atoms with van der Waals surface area (Å²) in [5.41, 5.74) is 3.47. The second-order valence-corrected chi connectivity index (χ2v) is 7.54. The predicted octanol–water partition coefficient (Wildman–Crippen LogP) is 4.87. The van der Waals surface area contributed by atoms with E-state index in [9.17, 15) is 0 Å². The fourth-order valence-corrected chi connectivity index (χ4v) is 3.30. The Bertz CT molecular complexity index is 793. The van der Waals surface area contributed by atoms with E-state index in [2.05, 4.69) is 75.2 Å². The summed E-state index contributed by atoms with van der Waals surface area (Å²) < 4.78 is 8.82. The van der Waals surface area contributed by atoms with Crippen LogP contribution < -0.4 is 5.32 Å². The first-order valence-electron chi connectivity index (χ1n) is 8.56. The van der Waals surface area contributed by atoms with E-state index in [1.807, 2.05) is 19.1 Å². The van der Waals surface area contributed by atoms with Gasteiger partial charge >= 0.3 is 0 Å². The third kappa shape index (κ3) is 4.61. The molecule has 3 rings (SSSR count). The first-order chi connectivity index (χ1) is 12.0. The van der Waals surface area contributed by atoms with E-state index in [1.165, 1.54) is 11.3 Å². The van der Waals surface area contributed by atoms with Crippen LogP contribution in [0.2, 0.25) is 0 Å². The number of halogens is 1. The fourth-order valence-electron chi connectivity index (χ4n) is 3.03. The lowest BCUT2D eigenvalue weighted by Gasteiger charge is -2.20. The molecular formula is C20H24BrN3O. The van der Waals surface area contributed by atoms with Crippen molar-refractivity contribution in [3.8, 4) is 0 Å². The molecule has 0 spiro atoms. The zero-order valence-electron chi connectivity index (χ0n) is 14.9. The van der Waals surface area contributed by atoms with Gasteiger partial charge in [-0.2, -0.15) is 5.10 Å². The maximum absolute atomic E-state index is 5.66. The Kier molecular flexibility index (Phi) is 5.76. The highest BCUT2D eigenvalue weighted by Gasteiger charge is 2.18. The van der Waals surface area contributed by atoms with Crippen molar-refractivity contribution in [2.24, 2.45) is 5.92 Å². The van der Waals surface area contributed by atoms with Gasteiger partial charge in [0.05, 0.1) is 18.0 Å². The van der Waals surface area contributed by atoms with E-state index in [1.54, 1.807) is 6.26 Å². The average molecular weight is 402 g/mol. The number of aromatic nitrogens is 2. The molecule has 3 aromatic rings. The molecule has 2 aromatic heterocycles. The van der Waals surface area contributed by atoms with Crippen LogP contribution in [0.4, 0.5) is 0 Å². The van der Waals surface area contributed by atoms with Crippen LogP contribution in [-0.4, -0.2) is 16.3 Å². The van der Waals surface area contributed by atoms with Gasteiger partial charge in [-0.3, -0.25) is 4.68 Å². The minimum Gasteiger partial charge on any atom is -0.467 e. The van der Waals surface area contributed by atoms with Crippen molar-refractivity contribution in [2.45, 2.75) is 33.4 Å². The van der Waals surface area contributed by atoms with Crippen LogP contribution in [0.15, 0.2) is 57.6 Å². The van der Waals surface area contributed by atoms with Crippen LogP contribution in [0.1, 0.15) is 35.7 Å². The van der Waals surface area contributed by atoms with Crippen molar-refractivity contribution in [3.63, 3.8) is 0 Å². The Hall–Kier alpha value is -1.85. The first-order valence-corrected chi connectivity index (χ1v) is 9.35. The highest BCUT2D eigenvalue weighted by molar-refractivity contribution is 9.10. The van der Waals surface area contributed by atoms with E-state index in [-0.39, 0.29) is 6.04 Å². The maximum Gasteiger partial charge on any atom is 0.125 e. The quantitative estimate of drug-likeness (QED) is 0.613. The Morgan fingerprint density at radius 2 is 1.96 bits per heavy atom. The lowest BCUT2D eigenvalue weighted by atomic mass is 10.0. The zero-order valence-corrected chi connectivity index (χ0v) is 16.5. The Labute approximate surface area is 157 Å². The summed E-state index contributed by atoms with van der Waals surface area (Å²) in [4.78, 5) is 0. The molecule has 0 radical (unpaired) electrons. The molecule has 0 unspecified atom stereocenters. The van der Waals surface area contributed by atoms with Crippen molar-refractivity contribution in [1.82, 2.24) is 15.1 Å². The number of hydrogen-bond donors (Lipinski definition) is 1. The van der Waals surface area contributed by atoms with Crippen molar-refractivity contribution in [2.75, 3.05) is 6.54 Å². The van der Waals surface area contributed by atoms with Gasteiger partial charge in [0, 0.05) is 23.3 Å². The van der Waals surface area contributed by atoms with E-state index in [4.69, 9.17) is 4.42 Å². The molecular weight excluding hydrogens is 378 g/mol. The second-order valence-electron chi connectivity index (χ2n) is 6.62. The number of aryl methyl sites for hydroxylation is 2. The third-order valence-electron chi connectivity index (χ3n) is 4.29. The molecule has 132 valence electrons. The monoisotopic (exact) mass is 401 g/mol. The topological polar surface area (TPSA) is 43.0 Å². The summed E-state index contributed by atoms with van der Waals surface area (Å²) in [5.74, 6) is 1.38. The lowest BCUT2D eigenvalue weighted by Crippen LogP contribution is -2.29. The SMILES string of the molecule is Cc1cc(C)n(C[C@@H](C)CN[C@@H](c2ccc(Br)cc2)c2ccco2)n1. The highest BCUT2D eigenvalue weighted by atomic mass is 79.9. The summed E-state index contributed by atoms with van der Waals surface area (Å²) in [6.07, 6.45) is 1.72. The molecule has 0 aliphatic carbocycles. The van der Waals surface area contributed by atoms with Crippen molar-refractivity contribution >= 4 is 15.9 Å². The van der Waals surface area contributed by atoms with Crippen LogP contribution >= 0.6 is 15.9 Å². The van der Waals surface area contributed by atoms with Gasteiger partial charge in [-0.1, -0.05) is 35.0 Å². The van der Waals surface area contributed by atoms with E-state index < -0.39 is 0 Å². The summed E-state index contributed by atoms with van der Waals surface area (Å²) in [5, 5.41) is 8.21. The van der Waals surface area contributed by atoms with Gasteiger partial charge in [-0.15, -0.1) is 0 Å². The molecule has 25 heavy (non-hydrogen) atoms. The van der Waals surface area contributed by atoms with Gasteiger partial charge in [0.15, 0.2) is 0 Å². The minimum absolute atomic E-state index is 0.0472. The van der Waals surface area contributed by atoms with E-state index in [0.29, 0.717) is 5.92 Å².